The number of hydrogen-bond acceptors (Lipinski definition) is 2. The van der Waals surface area contributed by atoms with Crippen LogP contribution in [0.25, 0.3) is 0 Å². The zero-order valence-electron chi connectivity index (χ0n) is 9.09. The Morgan fingerprint density at radius 2 is 1.62 bits per heavy atom. The van der Waals surface area contributed by atoms with Gasteiger partial charge in [-0.2, -0.15) is 0 Å². The molecular formula is C12H12BrClO2. The van der Waals surface area contributed by atoms with Crippen LogP contribution in [0.15, 0.2) is 24.3 Å². The number of hydrogen-bond donors (Lipinski definition) is 0. The van der Waals surface area contributed by atoms with Crippen molar-refractivity contribution in [3.63, 3.8) is 0 Å². The van der Waals surface area contributed by atoms with Crippen LogP contribution in [0.1, 0.15) is 19.4 Å². The molecular weight excluding hydrogens is 291 g/mol. The van der Waals surface area contributed by atoms with Gasteiger partial charge in [0, 0.05) is 11.4 Å². The van der Waals surface area contributed by atoms with Gasteiger partial charge in [0.25, 0.3) is 0 Å². The van der Waals surface area contributed by atoms with Crippen molar-refractivity contribution in [2.24, 2.45) is 0 Å². The average molecular weight is 304 g/mol. The third kappa shape index (κ3) is 2.92. The van der Waals surface area contributed by atoms with Crippen LogP contribution in [0, 0.1) is 0 Å². The second kappa shape index (κ2) is 5.11. The molecule has 1 aromatic rings. The maximum Gasteiger partial charge on any atom is 0.154 e. The van der Waals surface area contributed by atoms with Crippen molar-refractivity contribution in [2.45, 2.75) is 24.6 Å². The summed E-state index contributed by atoms with van der Waals surface area (Å²) < 4.78 is -1.11. The van der Waals surface area contributed by atoms with Crippen molar-refractivity contribution in [1.29, 1.82) is 0 Å². The Hall–Kier alpha value is -0.670. The van der Waals surface area contributed by atoms with Crippen LogP contribution in [-0.2, 0) is 16.0 Å². The van der Waals surface area contributed by atoms with Gasteiger partial charge in [0.2, 0.25) is 0 Å². The van der Waals surface area contributed by atoms with Crippen molar-refractivity contribution in [3.8, 4) is 0 Å². The summed E-state index contributed by atoms with van der Waals surface area (Å²) in [6.45, 7) is 2.82. The molecule has 0 radical (unpaired) electrons. The molecule has 0 atom stereocenters. The highest BCUT2D eigenvalue weighted by molar-refractivity contribution is 9.10. The highest BCUT2D eigenvalue weighted by Gasteiger charge is 2.37. The summed E-state index contributed by atoms with van der Waals surface area (Å²) >= 11 is 9.00. The summed E-state index contributed by atoms with van der Waals surface area (Å²) in [7, 11) is 0. The number of benzene rings is 1. The molecule has 0 aliphatic rings. The molecule has 0 N–H and O–H groups in total. The summed E-state index contributed by atoms with van der Waals surface area (Å²) in [5.41, 5.74) is 0.895. The normalized spacial score (nSPS) is 11.2. The van der Waals surface area contributed by atoms with Gasteiger partial charge in [0.15, 0.2) is 11.6 Å². The SMILES string of the molecule is CC(=O)C(Br)(Cc1ccc(Cl)cc1)C(C)=O. The van der Waals surface area contributed by atoms with E-state index < -0.39 is 4.32 Å². The Morgan fingerprint density at radius 1 is 1.19 bits per heavy atom. The van der Waals surface area contributed by atoms with Crippen LogP contribution in [0.5, 0.6) is 0 Å². The van der Waals surface area contributed by atoms with E-state index in [0.29, 0.717) is 11.4 Å². The number of alkyl halides is 1. The molecule has 0 aliphatic carbocycles. The fraction of sp³-hybridized carbons (Fsp3) is 0.333. The van der Waals surface area contributed by atoms with Crippen molar-refractivity contribution >= 4 is 39.1 Å². The predicted octanol–water partition coefficient (Wildman–Crippen LogP) is 3.19. The minimum Gasteiger partial charge on any atom is -0.298 e. The molecule has 0 bridgehead atoms. The van der Waals surface area contributed by atoms with Crippen LogP contribution < -0.4 is 0 Å². The molecule has 0 saturated heterocycles. The van der Waals surface area contributed by atoms with E-state index in [2.05, 4.69) is 15.9 Å². The predicted molar refractivity (Wildman–Crippen MR) is 68.2 cm³/mol. The lowest BCUT2D eigenvalue weighted by molar-refractivity contribution is -0.127. The summed E-state index contributed by atoms with van der Waals surface area (Å²) in [4.78, 5) is 23.0. The fourth-order valence-electron chi connectivity index (χ4n) is 1.38. The first-order valence-electron chi connectivity index (χ1n) is 4.81. The van der Waals surface area contributed by atoms with Gasteiger partial charge in [0.1, 0.15) is 4.32 Å². The lowest BCUT2D eigenvalue weighted by Gasteiger charge is -2.21. The topological polar surface area (TPSA) is 34.1 Å². The van der Waals surface area contributed by atoms with Crippen molar-refractivity contribution < 1.29 is 9.59 Å². The molecule has 0 aromatic heterocycles. The molecule has 0 saturated carbocycles. The van der Waals surface area contributed by atoms with E-state index in [1.54, 1.807) is 12.1 Å². The summed E-state index contributed by atoms with van der Waals surface area (Å²) in [6.07, 6.45) is 0.342. The number of rotatable bonds is 4. The van der Waals surface area contributed by atoms with Gasteiger partial charge in [-0.25, -0.2) is 0 Å². The zero-order valence-corrected chi connectivity index (χ0v) is 11.4. The first kappa shape index (κ1) is 13.4. The highest BCUT2D eigenvalue weighted by Crippen LogP contribution is 2.26. The van der Waals surface area contributed by atoms with E-state index in [1.165, 1.54) is 13.8 Å². The first-order valence-corrected chi connectivity index (χ1v) is 5.99. The zero-order chi connectivity index (χ0) is 12.3. The standard InChI is InChI=1S/C12H12BrClO2/c1-8(15)12(13,9(2)16)7-10-3-5-11(14)6-4-10/h3-6H,7H2,1-2H3. The van der Waals surface area contributed by atoms with Gasteiger partial charge < -0.3 is 0 Å². The summed E-state index contributed by atoms with van der Waals surface area (Å²) in [5.74, 6) is -0.370. The number of Topliss-reactive ketones (excluding diaryl/α,β-unsaturated/α-hetero) is 2. The van der Waals surface area contributed by atoms with Gasteiger partial charge in [0.05, 0.1) is 0 Å². The highest BCUT2D eigenvalue weighted by atomic mass is 79.9. The second-order valence-corrected chi connectivity index (χ2v) is 5.51. The van der Waals surface area contributed by atoms with Gasteiger partial charge >= 0.3 is 0 Å². The van der Waals surface area contributed by atoms with Gasteiger partial charge in [-0.15, -0.1) is 0 Å². The van der Waals surface area contributed by atoms with E-state index >= 15 is 0 Å². The lowest BCUT2D eigenvalue weighted by atomic mass is 9.92. The summed E-state index contributed by atoms with van der Waals surface area (Å²) in [6, 6.07) is 7.10. The van der Waals surface area contributed by atoms with Crippen LogP contribution in [0.4, 0.5) is 0 Å². The maximum absolute atomic E-state index is 11.5. The molecule has 4 heteroatoms. The minimum absolute atomic E-state index is 0.185. The molecule has 0 spiro atoms. The minimum atomic E-state index is -1.11. The van der Waals surface area contributed by atoms with Crippen molar-refractivity contribution in [1.82, 2.24) is 0 Å². The Kier molecular flexibility index (Phi) is 4.28. The fourth-order valence-corrected chi connectivity index (χ4v) is 1.83. The molecule has 86 valence electrons. The average Bonchev–Trinajstić information content (AvgIpc) is 2.20. The van der Waals surface area contributed by atoms with Gasteiger partial charge in [-0.05, 0) is 31.5 Å². The smallest absolute Gasteiger partial charge is 0.154 e. The number of carbonyl (C=O) groups is 2. The maximum atomic E-state index is 11.5. The van der Waals surface area contributed by atoms with Crippen LogP contribution in [0.2, 0.25) is 5.02 Å². The first-order chi connectivity index (χ1) is 7.36. The van der Waals surface area contributed by atoms with Crippen molar-refractivity contribution in [2.75, 3.05) is 0 Å². The lowest BCUT2D eigenvalue weighted by Crippen LogP contribution is -2.39. The molecule has 16 heavy (non-hydrogen) atoms. The molecule has 1 rings (SSSR count). The number of carbonyl (C=O) groups excluding carboxylic acids is 2. The van der Waals surface area contributed by atoms with Gasteiger partial charge in [-0.1, -0.05) is 39.7 Å². The monoisotopic (exact) mass is 302 g/mol. The van der Waals surface area contributed by atoms with Crippen LogP contribution >= 0.6 is 27.5 Å². The molecule has 0 fully saturated rings. The molecule has 0 aliphatic heterocycles. The van der Waals surface area contributed by atoms with E-state index in [1.807, 2.05) is 12.1 Å². The second-order valence-electron chi connectivity index (χ2n) is 3.72. The Balaban J connectivity index is 2.97. The third-order valence-corrected chi connectivity index (χ3v) is 4.13. The van der Waals surface area contributed by atoms with E-state index in [9.17, 15) is 9.59 Å². The Morgan fingerprint density at radius 3 is 2.00 bits per heavy atom. The van der Waals surface area contributed by atoms with Gasteiger partial charge in [-0.3, -0.25) is 9.59 Å². The molecule has 0 heterocycles. The van der Waals surface area contributed by atoms with E-state index in [-0.39, 0.29) is 11.6 Å². The number of ketones is 2. The quantitative estimate of drug-likeness (QED) is 0.632. The largest absolute Gasteiger partial charge is 0.298 e. The van der Waals surface area contributed by atoms with Crippen LogP contribution in [0.3, 0.4) is 0 Å². The van der Waals surface area contributed by atoms with E-state index in [0.717, 1.165) is 5.56 Å². The molecule has 0 amide bonds. The Labute approximate surface area is 108 Å². The number of halogens is 2. The van der Waals surface area contributed by atoms with Crippen LogP contribution in [-0.4, -0.2) is 15.9 Å². The molecule has 2 nitrogen and oxygen atoms in total. The molecule has 0 unspecified atom stereocenters. The van der Waals surface area contributed by atoms with Crippen molar-refractivity contribution in [3.05, 3.63) is 34.9 Å². The molecule has 1 aromatic carbocycles. The van der Waals surface area contributed by atoms with E-state index in [4.69, 9.17) is 11.6 Å². The summed E-state index contributed by atoms with van der Waals surface area (Å²) in [5, 5.41) is 0.634. The Bertz CT molecular complexity index is 398. The third-order valence-electron chi connectivity index (χ3n) is 2.48.